The second-order valence-corrected chi connectivity index (χ2v) is 33.5. The summed E-state index contributed by atoms with van der Waals surface area (Å²) >= 11 is 0. The molecule has 100 heavy (non-hydrogen) atoms. The molecule has 19 heteroatoms. The number of rotatable bonds is 79. The van der Waals surface area contributed by atoms with Crippen molar-refractivity contribution in [2.24, 2.45) is 17.8 Å². The van der Waals surface area contributed by atoms with Gasteiger partial charge < -0.3 is 33.8 Å². The van der Waals surface area contributed by atoms with Crippen LogP contribution in [0.25, 0.3) is 0 Å². The number of hydrogen-bond donors (Lipinski definition) is 3. The Hall–Kier alpha value is -1.94. The molecule has 0 saturated carbocycles. The lowest BCUT2D eigenvalue weighted by molar-refractivity contribution is -0.161. The molecule has 0 amide bonds. The van der Waals surface area contributed by atoms with Gasteiger partial charge in [0.2, 0.25) is 0 Å². The summed E-state index contributed by atoms with van der Waals surface area (Å²) < 4.78 is 68.8. The molecule has 0 aromatic rings. The van der Waals surface area contributed by atoms with Crippen LogP contribution in [0, 0.1) is 17.8 Å². The van der Waals surface area contributed by atoms with Crippen LogP contribution in [0.5, 0.6) is 0 Å². The van der Waals surface area contributed by atoms with E-state index in [1.807, 2.05) is 0 Å². The standard InChI is InChI=1S/C81H158O17P2/c1-8-9-10-11-12-13-14-15-16-17-22-28-35-43-50-57-64-80(85)98-77(69-92-79(84)63-56-49-42-37-30-33-40-47-54-61-74(6)7)71-96-100(89,90)94-67-75(82)66-93-99(87,88)95-70-76(97-81(86)65-58-51-44-36-29-24-19-21-26-32-39-46-53-60-73(4)5)68-91-78(83)62-55-48-41-34-27-23-18-20-25-31-38-45-52-59-72(2)3/h72-77,82H,8-71H2,1-7H3,(H,87,88)(H,89,90)/t75-,76-,77-/m1/s1. The van der Waals surface area contributed by atoms with Gasteiger partial charge in [-0.1, -0.05) is 370 Å². The molecule has 0 radical (unpaired) electrons. The van der Waals surface area contributed by atoms with Gasteiger partial charge in [0.15, 0.2) is 12.2 Å². The summed E-state index contributed by atoms with van der Waals surface area (Å²) in [4.78, 5) is 73.1. The molecule has 0 aromatic heterocycles. The molecule has 0 aliphatic rings. The SMILES string of the molecule is CCCCCCCCCCCCCCCCCCC(=O)O[C@H](COC(=O)CCCCCCCCCCCC(C)C)COP(=O)(O)OC[C@H](O)COP(=O)(O)OC[C@@H](COC(=O)CCCCCCCCCCCCCCCC(C)C)OC(=O)CCCCCCCCCCCCCCCC(C)C. The number of unbranched alkanes of at least 4 members (excludes halogenated alkanes) is 47. The lowest BCUT2D eigenvalue weighted by Crippen LogP contribution is -2.30. The first-order valence-corrected chi connectivity index (χ1v) is 44.8. The van der Waals surface area contributed by atoms with Crippen molar-refractivity contribution in [3.8, 4) is 0 Å². The molecule has 0 saturated heterocycles. The topological polar surface area (TPSA) is 237 Å². The van der Waals surface area contributed by atoms with Gasteiger partial charge >= 0.3 is 39.5 Å². The first kappa shape index (κ1) is 98.1. The highest BCUT2D eigenvalue weighted by Gasteiger charge is 2.30. The number of aliphatic hydroxyl groups excluding tert-OH is 1. The Balaban J connectivity index is 5.27. The number of ether oxygens (including phenoxy) is 4. The van der Waals surface area contributed by atoms with E-state index in [-0.39, 0.29) is 25.7 Å². The molecule has 0 heterocycles. The fourth-order valence-corrected chi connectivity index (χ4v) is 14.1. The Bertz CT molecular complexity index is 1940. The lowest BCUT2D eigenvalue weighted by atomic mass is 10.0. The molecule has 0 aliphatic heterocycles. The van der Waals surface area contributed by atoms with Crippen LogP contribution >= 0.6 is 15.6 Å². The Kier molecular flexibility index (Phi) is 69.9. The molecule has 17 nitrogen and oxygen atoms in total. The third-order valence-electron chi connectivity index (χ3n) is 18.9. The molecule has 0 fully saturated rings. The Morgan fingerprint density at radius 1 is 0.270 bits per heavy atom. The highest BCUT2D eigenvalue weighted by molar-refractivity contribution is 7.47. The molecular formula is C81H158O17P2. The van der Waals surface area contributed by atoms with Crippen molar-refractivity contribution in [3.63, 3.8) is 0 Å². The van der Waals surface area contributed by atoms with Gasteiger partial charge in [-0.25, -0.2) is 9.13 Å². The van der Waals surface area contributed by atoms with Crippen molar-refractivity contribution in [2.75, 3.05) is 39.6 Å². The molecule has 2 unspecified atom stereocenters. The molecular weight excluding hydrogens is 1310 g/mol. The third-order valence-corrected chi connectivity index (χ3v) is 20.8. The summed E-state index contributed by atoms with van der Waals surface area (Å²) in [6, 6.07) is 0. The van der Waals surface area contributed by atoms with Gasteiger partial charge in [0, 0.05) is 25.7 Å². The molecule has 3 N–H and O–H groups in total. The number of esters is 4. The first-order chi connectivity index (χ1) is 48.2. The van der Waals surface area contributed by atoms with Gasteiger partial charge in [-0.05, 0) is 43.4 Å². The van der Waals surface area contributed by atoms with E-state index in [4.69, 9.17) is 37.0 Å². The molecule has 594 valence electrons. The Labute approximate surface area is 613 Å². The minimum absolute atomic E-state index is 0.107. The summed E-state index contributed by atoms with van der Waals surface area (Å²) in [5.41, 5.74) is 0. The minimum atomic E-state index is -4.96. The maximum absolute atomic E-state index is 13.1. The number of phosphoric acid groups is 2. The number of carbonyl (C=O) groups excluding carboxylic acids is 4. The van der Waals surface area contributed by atoms with Crippen molar-refractivity contribution in [2.45, 2.75) is 439 Å². The van der Waals surface area contributed by atoms with Gasteiger partial charge in [-0.15, -0.1) is 0 Å². The number of hydrogen-bond acceptors (Lipinski definition) is 15. The summed E-state index contributed by atoms with van der Waals surface area (Å²) in [6.45, 7) is 12.0. The maximum atomic E-state index is 13.1. The molecule has 0 bridgehead atoms. The average molecular weight is 1470 g/mol. The highest BCUT2D eigenvalue weighted by atomic mass is 31.2. The van der Waals surface area contributed by atoms with Gasteiger partial charge in [0.25, 0.3) is 0 Å². The fraction of sp³-hybridized carbons (Fsp3) is 0.951. The van der Waals surface area contributed by atoms with Crippen molar-refractivity contribution in [1.82, 2.24) is 0 Å². The summed E-state index contributed by atoms with van der Waals surface area (Å²) in [7, 11) is -9.92. The predicted octanol–water partition coefficient (Wildman–Crippen LogP) is 24.1. The summed E-state index contributed by atoms with van der Waals surface area (Å²) in [5.74, 6) is 0.212. The predicted molar refractivity (Wildman–Crippen MR) is 409 cm³/mol. The summed E-state index contributed by atoms with van der Waals surface area (Å²) in [6.07, 6.45) is 59.5. The average Bonchev–Trinajstić information content (AvgIpc) is 1.15. The van der Waals surface area contributed by atoms with E-state index < -0.39 is 97.5 Å². The number of aliphatic hydroxyl groups is 1. The second kappa shape index (κ2) is 71.3. The number of phosphoric ester groups is 2. The second-order valence-electron chi connectivity index (χ2n) is 30.6. The van der Waals surface area contributed by atoms with E-state index in [1.165, 1.54) is 231 Å². The molecule has 0 rings (SSSR count). The van der Waals surface area contributed by atoms with E-state index in [0.717, 1.165) is 108 Å². The van der Waals surface area contributed by atoms with Crippen LogP contribution in [-0.2, 0) is 65.4 Å². The van der Waals surface area contributed by atoms with Crippen molar-refractivity contribution >= 4 is 39.5 Å². The lowest BCUT2D eigenvalue weighted by Gasteiger charge is -2.21. The largest absolute Gasteiger partial charge is 0.472 e. The zero-order valence-corrected chi connectivity index (χ0v) is 67.5. The first-order valence-electron chi connectivity index (χ1n) is 41.8. The van der Waals surface area contributed by atoms with E-state index >= 15 is 0 Å². The zero-order chi connectivity index (χ0) is 73.7. The molecule has 0 aromatic carbocycles. The third kappa shape index (κ3) is 74.3. The molecule has 0 spiro atoms. The van der Waals surface area contributed by atoms with Gasteiger partial charge in [0.1, 0.15) is 19.3 Å². The molecule has 0 aliphatic carbocycles. The van der Waals surface area contributed by atoms with Crippen LogP contribution in [0.3, 0.4) is 0 Å². The van der Waals surface area contributed by atoms with Crippen molar-refractivity contribution < 1.29 is 80.2 Å². The van der Waals surface area contributed by atoms with Crippen LogP contribution < -0.4 is 0 Å². The van der Waals surface area contributed by atoms with E-state index in [0.29, 0.717) is 25.7 Å². The van der Waals surface area contributed by atoms with Crippen LogP contribution in [0.2, 0.25) is 0 Å². The Morgan fingerprint density at radius 2 is 0.460 bits per heavy atom. The number of carbonyl (C=O) groups is 4. The summed E-state index contributed by atoms with van der Waals surface area (Å²) in [5, 5.41) is 10.6. The van der Waals surface area contributed by atoms with Crippen LogP contribution in [0.4, 0.5) is 0 Å². The minimum Gasteiger partial charge on any atom is -0.462 e. The maximum Gasteiger partial charge on any atom is 0.472 e. The van der Waals surface area contributed by atoms with Crippen LogP contribution in [-0.4, -0.2) is 96.7 Å². The van der Waals surface area contributed by atoms with E-state index in [2.05, 4.69) is 48.5 Å². The van der Waals surface area contributed by atoms with Crippen molar-refractivity contribution in [1.29, 1.82) is 0 Å². The van der Waals surface area contributed by atoms with Crippen LogP contribution in [0.1, 0.15) is 421 Å². The molecule has 5 atom stereocenters. The quantitative estimate of drug-likeness (QED) is 0.0222. The van der Waals surface area contributed by atoms with Crippen LogP contribution in [0.15, 0.2) is 0 Å². The monoisotopic (exact) mass is 1470 g/mol. The van der Waals surface area contributed by atoms with E-state index in [9.17, 15) is 43.2 Å². The smallest absolute Gasteiger partial charge is 0.462 e. The van der Waals surface area contributed by atoms with E-state index in [1.54, 1.807) is 0 Å². The van der Waals surface area contributed by atoms with Gasteiger partial charge in [-0.3, -0.25) is 37.3 Å². The zero-order valence-electron chi connectivity index (χ0n) is 65.7. The van der Waals surface area contributed by atoms with Crippen molar-refractivity contribution in [3.05, 3.63) is 0 Å². The fourth-order valence-electron chi connectivity index (χ4n) is 12.5. The highest BCUT2D eigenvalue weighted by Crippen LogP contribution is 2.45. The van der Waals surface area contributed by atoms with Gasteiger partial charge in [0.05, 0.1) is 26.4 Å². The Morgan fingerprint density at radius 3 is 0.680 bits per heavy atom. The normalized spacial score (nSPS) is 14.0. The van der Waals surface area contributed by atoms with Gasteiger partial charge in [-0.2, -0.15) is 0 Å².